The molecule has 0 radical (unpaired) electrons. The molecular formula is C13H19Cl2FN2O. The summed E-state index contributed by atoms with van der Waals surface area (Å²) in [6.07, 6.45) is 0.635. The van der Waals surface area contributed by atoms with E-state index in [0.717, 1.165) is 5.56 Å². The van der Waals surface area contributed by atoms with Crippen molar-refractivity contribution in [1.82, 2.24) is 5.32 Å². The lowest BCUT2D eigenvalue weighted by Crippen LogP contribution is -2.41. The highest BCUT2D eigenvalue weighted by Gasteiger charge is 2.14. The van der Waals surface area contributed by atoms with Crippen LogP contribution >= 0.6 is 24.0 Å². The van der Waals surface area contributed by atoms with E-state index in [0.29, 0.717) is 18.9 Å². The summed E-state index contributed by atoms with van der Waals surface area (Å²) in [5.74, 6) is -0.307. The fourth-order valence-corrected chi connectivity index (χ4v) is 1.79. The fourth-order valence-electron chi connectivity index (χ4n) is 1.58. The number of nitrogens with two attached hydrogens (primary N) is 1. The number of benzene rings is 1. The summed E-state index contributed by atoms with van der Waals surface area (Å²) >= 11 is 5.65. The number of amides is 1. The third-order valence-corrected chi connectivity index (χ3v) is 2.80. The van der Waals surface area contributed by atoms with Gasteiger partial charge in [-0.1, -0.05) is 31.5 Å². The molecule has 0 fully saturated rings. The molecule has 0 heterocycles. The van der Waals surface area contributed by atoms with E-state index in [2.05, 4.69) is 5.32 Å². The molecule has 0 aliphatic heterocycles. The van der Waals surface area contributed by atoms with Gasteiger partial charge in [-0.25, -0.2) is 4.39 Å². The monoisotopic (exact) mass is 308 g/mol. The summed E-state index contributed by atoms with van der Waals surface area (Å²) < 4.78 is 12.9. The van der Waals surface area contributed by atoms with Gasteiger partial charge in [0.1, 0.15) is 5.82 Å². The number of carbonyl (C=O) groups excluding carboxylic acids is 1. The van der Waals surface area contributed by atoms with Gasteiger partial charge in [0.05, 0.1) is 11.1 Å². The zero-order valence-corrected chi connectivity index (χ0v) is 12.5. The minimum atomic E-state index is -0.513. The molecule has 1 aromatic carbocycles. The van der Waals surface area contributed by atoms with Crippen LogP contribution in [0.25, 0.3) is 0 Å². The van der Waals surface area contributed by atoms with Gasteiger partial charge < -0.3 is 11.1 Å². The van der Waals surface area contributed by atoms with Crippen LogP contribution in [0, 0.1) is 11.7 Å². The molecule has 19 heavy (non-hydrogen) atoms. The summed E-state index contributed by atoms with van der Waals surface area (Å²) in [7, 11) is 0. The molecule has 1 aromatic rings. The zero-order valence-electron chi connectivity index (χ0n) is 11.0. The number of hydrogen-bond acceptors (Lipinski definition) is 2. The van der Waals surface area contributed by atoms with E-state index in [1.807, 2.05) is 13.8 Å². The highest BCUT2D eigenvalue weighted by molar-refractivity contribution is 6.30. The van der Waals surface area contributed by atoms with Crippen molar-refractivity contribution in [3.8, 4) is 0 Å². The molecule has 0 bridgehead atoms. The number of carbonyl (C=O) groups is 1. The number of nitrogens with one attached hydrogen (secondary N) is 1. The summed E-state index contributed by atoms with van der Waals surface area (Å²) in [5, 5.41) is 2.76. The molecule has 3 nitrogen and oxygen atoms in total. The molecule has 1 atom stereocenters. The molecular weight excluding hydrogens is 290 g/mol. The average Bonchev–Trinajstić information content (AvgIpc) is 2.29. The topological polar surface area (TPSA) is 55.1 Å². The van der Waals surface area contributed by atoms with Gasteiger partial charge in [-0.05, 0) is 30.0 Å². The van der Waals surface area contributed by atoms with Crippen LogP contribution in [-0.4, -0.2) is 11.9 Å². The standard InChI is InChI=1S/C13H18ClFN2O.ClH/c1-8(2)5-12(16)13(18)17-7-9-3-4-11(15)10(14)6-9;/h3-4,6,8,12H,5,7,16H2,1-2H3,(H,17,18);1H/t12-;/m0./s1. The van der Waals surface area contributed by atoms with Gasteiger partial charge in [-0.2, -0.15) is 0 Å². The molecule has 1 amide bonds. The maximum absolute atomic E-state index is 12.9. The Hall–Kier alpha value is -0.840. The van der Waals surface area contributed by atoms with Crippen molar-refractivity contribution >= 4 is 29.9 Å². The predicted molar refractivity (Wildman–Crippen MR) is 77.9 cm³/mol. The normalized spacial score (nSPS) is 11.9. The Labute approximate surface area is 124 Å². The molecule has 0 unspecified atom stereocenters. The molecule has 0 aliphatic rings. The van der Waals surface area contributed by atoms with Crippen LogP contribution in [0.4, 0.5) is 4.39 Å². The molecule has 1 rings (SSSR count). The maximum atomic E-state index is 12.9. The first-order valence-electron chi connectivity index (χ1n) is 5.87. The summed E-state index contributed by atoms with van der Waals surface area (Å²) in [5.41, 5.74) is 6.48. The minimum absolute atomic E-state index is 0. The van der Waals surface area contributed by atoms with Crippen LogP contribution in [0.15, 0.2) is 18.2 Å². The van der Waals surface area contributed by atoms with Crippen molar-refractivity contribution in [1.29, 1.82) is 0 Å². The van der Waals surface area contributed by atoms with Gasteiger partial charge in [0, 0.05) is 6.54 Å². The van der Waals surface area contributed by atoms with Crippen molar-refractivity contribution in [2.24, 2.45) is 11.7 Å². The molecule has 0 saturated carbocycles. The quantitative estimate of drug-likeness (QED) is 0.879. The van der Waals surface area contributed by atoms with Crippen LogP contribution in [-0.2, 0) is 11.3 Å². The zero-order chi connectivity index (χ0) is 13.7. The van der Waals surface area contributed by atoms with Crippen molar-refractivity contribution < 1.29 is 9.18 Å². The van der Waals surface area contributed by atoms with E-state index < -0.39 is 11.9 Å². The lowest BCUT2D eigenvalue weighted by atomic mass is 10.0. The van der Waals surface area contributed by atoms with E-state index >= 15 is 0 Å². The lowest BCUT2D eigenvalue weighted by Gasteiger charge is -2.14. The average molecular weight is 309 g/mol. The van der Waals surface area contributed by atoms with E-state index in [-0.39, 0.29) is 23.3 Å². The van der Waals surface area contributed by atoms with Gasteiger partial charge in [0.15, 0.2) is 0 Å². The van der Waals surface area contributed by atoms with Gasteiger partial charge in [-0.3, -0.25) is 4.79 Å². The third kappa shape index (κ3) is 6.23. The third-order valence-electron chi connectivity index (χ3n) is 2.51. The molecule has 3 N–H and O–H groups in total. The Kier molecular flexibility index (Phi) is 7.99. The lowest BCUT2D eigenvalue weighted by molar-refractivity contribution is -0.122. The van der Waals surface area contributed by atoms with E-state index in [1.165, 1.54) is 12.1 Å². The van der Waals surface area contributed by atoms with Crippen molar-refractivity contribution in [3.63, 3.8) is 0 Å². The Bertz CT molecular complexity index is 427. The maximum Gasteiger partial charge on any atom is 0.237 e. The smallest absolute Gasteiger partial charge is 0.237 e. The molecule has 108 valence electrons. The van der Waals surface area contributed by atoms with Gasteiger partial charge in [0.25, 0.3) is 0 Å². The van der Waals surface area contributed by atoms with Gasteiger partial charge in [0.2, 0.25) is 5.91 Å². The second-order valence-electron chi connectivity index (χ2n) is 4.70. The van der Waals surface area contributed by atoms with Crippen molar-refractivity contribution in [2.45, 2.75) is 32.9 Å². The first kappa shape index (κ1) is 18.2. The molecule has 0 spiro atoms. The molecule has 0 aliphatic carbocycles. The van der Waals surface area contributed by atoms with Crippen molar-refractivity contribution in [3.05, 3.63) is 34.6 Å². The second-order valence-corrected chi connectivity index (χ2v) is 5.11. The highest BCUT2D eigenvalue weighted by atomic mass is 35.5. The first-order chi connectivity index (χ1) is 8.40. The fraction of sp³-hybridized carbons (Fsp3) is 0.462. The number of hydrogen-bond donors (Lipinski definition) is 2. The van der Waals surface area contributed by atoms with Crippen LogP contribution in [0.5, 0.6) is 0 Å². The van der Waals surface area contributed by atoms with Crippen LogP contribution in [0.3, 0.4) is 0 Å². The Balaban J connectivity index is 0.00000324. The minimum Gasteiger partial charge on any atom is -0.351 e. The van der Waals surface area contributed by atoms with Crippen molar-refractivity contribution in [2.75, 3.05) is 0 Å². The van der Waals surface area contributed by atoms with Gasteiger partial charge in [-0.15, -0.1) is 12.4 Å². The summed E-state index contributed by atoms with van der Waals surface area (Å²) in [6, 6.07) is 3.83. The van der Waals surface area contributed by atoms with Crippen LogP contribution in [0.2, 0.25) is 5.02 Å². The molecule has 6 heteroatoms. The Morgan fingerprint density at radius 3 is 2.63 bits per heavy atom. The Morgan fingerprint density at radius 2 is 2.11 bits per heavy atom. The highest BCUT2D eigenvalue weighted by Crippen LogP contribution is 2.15. The second kappa shape index (κ2) is 8.35. The number of rotatable bonds is 5. The Morgan fingerprint density at radius 1 is 1.47 bits per heavy atom. The summed E-state index contributed by atoms with van der Waals surface area (Å²) in [6.45, 7) is 4.31. The van der Waals surface area contributed by atoms with Gasteiger partial charge >= 0.3 is 0 Å². The molecule has 0 aromatic heterocycles. The number of halogens is 3. The van der Waals surface area contributed by atoms with E-state index in [9.17, 15) is 9.18 Å². The summed E-state index contributed by atoms with van der Waals surface area (Å²) in [4.78, 5) is 11.7. The largest absolute Gasteiger partial charge is 0.351 e. The predicted octanol–water partition coefficient (Wildman–Crippen LogP) is 2.89. The van der Waals surface area contributed by atoms with E-state index in [1.54, 1.807) is 6.07 Å². The van der Waals surface area contributed by atoms with Crippen LogP contribution in [0.1, 0.15) is 25.8 Å². The molecule has 0 saturated heterocycles. The van der Waals surface area contributed by atoms with E-state index in [4.69, 9.17) is 17.3 Å². The van der Waals surface area contributed by atoms with Crippen LogP contribution < -0.4 is 11.1 Å². The first-order valence-corrected chi connectivity index (χ1v) is 6.25. The SMILES string of the molecule is CC(C)C[C@H](N)C(=O)NCc1ccc(F)c(Cl)c1.Cl.